The molecule has 1 unspecified atom stereocenters. The van der Waals surface area contributed by atoms with Crippen LogP contribution in [0.1, 0.15) is 23.2 Å². The number of nitrogens with two attached hydrogens (primary N) is 1. The number of H-pyrrole nitrogens is 1. The number of hydrogen-bond donors (Lipinski definition) is 6. The van der Waals surface area contributed by atoms with E-state index in [1.54, 1.807) is 12.1 Å². The van der Waals surface area contributed by atoms with Gasteiger partial charge in [-0.15, -0.1) is 0 Å². The van der Waals surface area contributed by atoms with E-state index >= 15 is 0 Å². The number of aliphatic carboxylic acids is 2. The molecule has 0 saturated carbocycles. The Hall–Kier alpha value is -3.03. The number of aromatic amines is 1. The van der Waals surface area contributed by atoms with Crippen LogP contribution in [-0.4, -0.2) is 90.7 Å². The van der Waals surface area contributed by atoms with Gasteiger partial charge >= 0.3 is 37.7 Å². The van der Waals surface area contributed by atoms with Crippen LogP contribution in [0.25, 0.3) is 0 Å². The fourth-order valence-electron chi connectivity index (χ4n) is 3.08. The third-order valence-electron chi connectivity index (χ3n) is 4.73. The number of nitrogens with zero attached hydrogens (tertiary/aromatic N) is 1. The van der Waals surface area contributed by atoms with Crippen molar-refractivity contribution < 1.29 is 24.6 Å². The Morgan fingerprint density at radius 1 is 1.21 bits per heavy atom. The van der Waals surface area contributed by atoms with E-state index in [2.05, 4.69) is 31.2 Å². The van der Waals surface area contributed by atoms with Crippen LogP contribution < -0.4 is 42.8 Å². The Kier molecular flexibility index (Phi) is 9.32. The molecule has 2 atom stereocenters. The second kappa shape index (κ2) is 11.7. The van der Waals surface area contributed by atoms with Crippen LogP contribution in [0.5, 0.6) is 0 Å². The quantitative estimate of drug-likeness (QED) is 0.194. The number of carbonyl (C=O) groups excluding carboxylic acids is 3. The predicted molar refractivity (Wildman–Crippen MR) is 116 cm³/mol. The van der Waals surface area contributed by atoms with Gasteiger partial charge in [0.2, 0.25) is 5.95 Å². The van der Waals surface area contributed by atoms with Crippen molar-refractivity contribution in [3.05, 3.63) is 40.2 Å². The topological polar surface area (TPSA) is 217 Å². The number of rotatable bonds is 9. The van der Waals surface area contributed by atoms with Crippen molar-refractivity contribution in [1.29, 1.82) is 0 Å². The number of carboxylic acid groups (broad SMARTS) is 2. The van der Waals surface area contributed by atoms with Gasteiger partial charge in [-0.25, -0.2) is 0 Å². The van der Waals surface area contributed by atoms with Crippen molar-refractivity contribution in [3.8, 4) is 0 Å². The van der Waals surface area contributed by atoms with Crippen LogP contribution in [0.15, 0.2) is 29.1 Å². The molecule has 13 nitrogen and oxygen atoms in total. The van der Waals surface area contributed by atoms with Crippen molar-refractivity contribution in [2.75, 3.05) is 34.8 Å². The molecule has 170 valence electrons. The molecule has 1 aliphatic rings. The standard InChI is InChI=1S/C19H23N7O6.Ca/c20-19-25-15-14(17(30)26-19)23-11(8-22-15)7-21-10-3-1-9(2-4-10)16(29)24-12(18(31)32)5-6-13(27)28;/h1-4,11-12,21,23H,5-8H2,(H,24,29)(H,27,28)(H,31,32)(H4,20,22,25,26,30);/q;+2/p-2/t11?,12-;/m0./s1. The fraction of sp³-hybridized carbons (Fsp3) is 0.316. The molecule has 1 aliphatic heterocycles. The maximum Gasteiger partial charge on any atom is 2.00 e. The van der Waals surface area contributed by atoms with Gasteiger partial charge in [0.25, 0.3) is 11.5 Å². The Labute approximate surface area is 217 Å². The Morgan fingerprint density at radius 2 is 1.91 bits per heavy atom. The van der Waals surface area contributed by atoms with Gasteiger partial charge in [0.1, 0.15) is 5.69 Å². The molecule has 3 rings (SSSR count). The number of carbonyl (C=O) groups is 3. The van der Waals surface area contributed by atoms with Gasteiger partial charge in [-0.05, 0) is 37.1 Å². The summed E-state index contributed by atoms with van der Waals surface area (Å²) in [6.07, 6.45) is -0.863. The number of nitrogen functional groups attached to an aromatic ring is 1. The van der Waals surface area contributed by atoms with Gasteiger partial charge in [0, 0.05) is 30.3 Å². The normalized spacial score (nSPS) is 15.0. The number of amides is 1. The first-order chi connectivity index (χ1) is 15.2. The van der Waals surface area contributed by atoms with Crippen LogP contribution in [0.3, 0.4) is 0 Å². The van der Waals surface area contributed by atoms with Gasteiger partial charge in [0.15, 0.2) is 5.82 Å². The first-order valence-corrected chi connectivity index (χ1v) is 9.68. The molecule has 7 N–H and O–H groups in total. The molecule has 0 bridgehead atoms. The van der Waals surface area contributed by atoms with E-state index in [0.717, 1.165) is 0 Å². The summed E-state index contributed by atoms with van der Waals surface area (Å²) in [6.45, 7) is 0.935. The number of anilines is 4. The minimum absolute atomic E-state index is 0. The third kappa shape index (κ3) is 7.23. The minimum atomic E-state index is -1.58. The van der Waals surface area contributed by atoms with Crippen molar-refractivity contribution >= 4 is 78.7 Å². The zero-order chi connectivity index (χ0) is 23.3. The number of benzene rings is 1. The van der Waals surface area contributed by atoms with E-state index in [-0.39, 0.29) is 67.3 Å². The number of hydrogen-bond acceptors (Lipinski definition) is 11. The molecule has 33 heavy (non-hydrogen) atoms. The molecule has 14 heteroatoms. The Morgan fingerprint density at radius 3 is 2.55 bits per heavy atom. The van der Waals surface area contributed by atoms with Crippen LogP contribution in [0, 0.1) is 0 Å². The van der Waals surface area contributed by atoms with Crippen molar-refractivity contribution in [1.82, 2.24) is 15.3 Å². The summed E-state index contributed by atoms with van der Waals surface area (Å²) in [4.78, 5) is 52.3. The molecule has 0 fully saturated rings. The largest absolute Gasteiger partial charge is 2.00 e. The number of carboxylic acids is 2. The molecular weight excluding hydrogens is 462 g/mol. The molecule has 1 aromatic heterocycles. The van der Waals surface area contributed by atoms with E-state index in [1.807, 2.05) is 0 Å². The zero-order valence-corrected chi connectivity index (χ0v) is 19.7. The number of nitrogens with one attached hydrogen (secondary N) is 5. The third-order valence-corrected chi connectivity index (χ3v) is 4.73. The first kappa shape index (κ1) is 26.2. The van der Waals surface area contributed by atoms with E-state index in [9.17, 15) is 29.4 Å². The molecule has 0 saturated heterocycles. The number of fused-ring (bicyclic) bond motifs is 1. The van der Waals surface area contributed by atoms with Crippen molar-refractivity contribution in [2.45, 2.75) is 24.9 Å². The fourth-order valence-corrected chi connectivity index (χ4v) is 3.08. The Balaban J connectivity index is 0.00000385. The number of aromatic nitrogens is 2. The SMILES string of the molecule is Nc1nc2c(c(=O)[nH]1)NC(CNc1ccc(C(=O)N[C@@H](CCC(=O)[O-])C(=O)[O-])cc1)CN2.[Ca+2]. The summed E-state index contributed by atoms with van der Waals surface area (Å²) in [5, 5.41) is 33.1. The Bertz CT molecular complexity index is 1080. The minimum Gasteiger partial charge on any atom is -0.550 e. The molecule has 0 radical (unpaired) electrons. The second-order valence-corrected chi connectivity index (χ2v) is 7.11. The summed E-state index contributed by atoms with van der Waals surface area (Å²) >= 11 is 0. The van der Waals surface area contributed by atoms with Crippen LogP contribution >= 0.6 is 0 Å². The van der Waals surface area contributed by atoms with E-state index in [1.165, 1.54) is 12.1 Å². The summed E-state index contributed by atoms with van der Waals surface area (Å²) in [5.74, 6) is -3.27. The maximum absolute atomic E-state index is 12.2. The van der Waals surface area contributed by atoms with Crippen molar-refractivity contribution in [2.24, 2.45) is 0 Å². The summed E-state index contributed by atoms with van der Waals surface area (Å²) in [6, 6.07) is 4.65. The molecule has 0 aliphatic carbocycles. The summed E-state index contributed by atoms with van der Waals surface area (Å²) < 4.78 is 0. The van der Waals surface area contributed by atoms with Gasteiger partial charge in [0.05, 0.1) is 18.1 Å². The molecule has 1 amide bonds. The molecule has 0 spiro atoms. The summed E-state index contributed by atoms with van der Waals surface area (Å²) in [5.41, 5.74) is 6.32. The van der Waals surface area contributed by atoms with Gasteiger partial charge in [-0.1, -0.05) is 0 Å². The molecule has 1 aromatic carbocycles. The van der Waals surface area contributed by atoms with Crippen molar-refractivity contribution in [3.63, 3.8) is 0 Å². The average molecular weight is 483 g/mol. The van der Waals surface area contributed by atoms with E-state index < -0.39 is 30.3 Å². The van der Waals surface area contributed by atoms with Gasteiger partial charge in [-0.2, -0.15) is 4.98 Å². The summed E-state index contributed by atoms with van der Waals surface area (Å²) in [7, 11) is 0. The van der Waals surface area contributed by atoms with Crippen LogP contribution in [0.4, 0.5) is 23.1 Å². The molecule has 2 heterocycles. The molecular formula is C19H21CaN7O6. The second-order valence-electron chi connectivity index (χ2n) is 7.11. The maximum atomic E-state index is 12.2. The van der Waals surface area contributed by atoms with Crippen LogP contribution in [0.2, 0.25) is 0 Å². The smallest absolute Gasteiger partial charge is 0.550 e. The van der Waals surface area contributed by atoms with Gasteiger partial charge in [-0.3, -0.25) is 14.6 Å². The van der Waals surface area contributed by atoms with E-state index in [0.29, 0.717) is 30.3 Å². The zero-order valence-electron chi connectivity index (χ0n) is 17.5. The predicted octanol–water partition coefficient (Wildman–Crippen LogP) is -3.33. The first-order valence-electron chi connectivity index (χ1n) is 9.68. The van der Waals surface area contributed by atoms with Crippen LogP contribution in [-0.2, 0) is 9.59 Å². The van der Waals surface area contributed by atoms with E-state index in [4.69, 9.17) is 5.73 Å². The van der Waals surface area contributed by atoms with Gasteiger partial charge < -0.3 is 46.8 Å². The average Bonchev–Trinajstić information content (AvgIpc) is 2.75. The monoisotopic (exact) mass is 483 g/mol. The molecule has 2 aromatic rings.